The zero-order valence-electron chi connectivity index (χ0n) is 5.23. The number of hydrogen-bond acceptors (Lipinski definition) is 3. The van der Waals surface area contributed by atoms with Gasteiger partial charge in [0.15, 0.2) is 5.06 Å². The molecule has 1 rings (SSSR count). The number of aryl methyl sites for hydroxylation is 1. The largest absolute Gasteiger partial charge is 0.369 e. The number of hydrogen-bond donors (Lipinski definition) is 1. The van der Waals surface area contributed by atoms with Gasteiger partial charge in [0.05, 0.1) is 0 Å². The van der Waals surface area contributed by atoms with Gasteiger partial charge >= 0.3 is 11.4 Å². The highest BCUT2D eigenvalue weighted by atomic mass is 32.2. The van der Waals surface area contributed by atoms with Gasteiger partial charge in [-0.15, -0.1) is 11.3 Å². The zero-order chi connectivity index (χ0) is 7.56. The van der Waals surface area contributed by atoms with Gasteiger partial charge in [-0.2, -0.15) is 4.21 Å². The highest BCUT2D eigenvalue weighted by Gasteiger charge is 1.99. The molecular formula is C5H6O3S2. The second-order valence-corrected chi connectivity index (χ2v) is 3.22. The Bertz CT molecular complexity index is 243. The first kappa shape index (κ1) is 7.71. The average molecular weight is 178 g/mol. The molecule has 0 aliphatic rings. The van der Waals surface area contributed by atoms with E-state index in [0.29, 0.717) is 5.06 Å². The van der Waals surface area contributed by atoms with E-state index in [1.807, 2.05) is 12.3 Å². The van der Waals surface area contributed by atoms with Crippen molar-refractivity contribution in [3.8, 4) is 5.06 Å². The van der Waals surface area contributed by atoms with Crippen molar-refractivity contribution in [2.75, 3.05) is 0 Å². The minimum atomic E-state index is -2.19. The van der Waals surface area contributed by atoms with Crippen molar-refractivity contribution in [2.24, 2.45) is 0 Å². The fourth-order valence-corrected chi connectivity index (χ4v) is 1.66. The molecule has 1 unspecified atom stereocenters. The molecule has 3 nitrogen and oxygen atoms in total. The van der Waals surface area contributed by atoms with E-state index >= 15 is 0 Å². The predicted molar refractivity (Wildman–Crippen MR) is 40.5 cm³/mol. The summed E-state index contributed by atoms with van der Waals surface area (Å²) in [5, 5.41) is 2.32. The van der Waals surface area contributed by atoms with Crippen LogP contribution in [0.4, 0.5) is 0 Å². The molecule has 0 fully saturated rings. The molecule has 0 aliphatic heterocycles. The van der Waals surface area contributed by atoms with Crippen LogP contribution in [0.25, 0.3) is 0 Å². The average Bonchev–Trinajstić information content (AvgIpc) is 2.13. The molecule has 0 amide bonds. The monoisotopic (exact) mass is 178 g/mol. The molecule has 1 heterocycles. The van der Waals surface area contributed by atoms with Crippen molar-refractivity contribution in [1.82, 2.24) is 0 Å². The van der Waals surface area contributed by atoms with Crippen LogP contribution in [0, 0.1) is 6.92 Å². The molecule has 0 spiro atoms. The molecule has 0 aliphatic carbocycles. The van der Waals surface area contributed by atoms with E-state index in [1.165, 1.54) is 11.3 Å². The minimum absolute atomic E-state index is 0.471. The van der Waals surface area contributed by atoms with Gasteiger partial charge < -0.3 is 4.18 Å². The highest BCUT2D eigenvalue weighted by Crippen LogP contribution is 2.22. The summed E-state index contributed by atoms with van der Waals surface area (Å²) >= 11 is -0.890. The van der Waals surface area contributed by atoms with Gasteiger partial charge in [-0.05, 0) is 23.9 Å². The summed E-state index contributed by atoms with van der Waals surface area (Å²) in [5.74, 6) is 0. The van der Waals surface area contributed by atoms with E-state index in [0.717, 1.165) is 5.56 Å². The lowest BCUT2D eigenvalue weighted by atomic mass is 10.4. The Kier molecular flexibility index (Phi) is 2.42. The van der Waals surface area contributed by atoms with Crippen molar-refractivity contribution in [2.45, 2.75) is 6.92 Å². The van der Waals surface area contributed by atoms with Gasteiger partial charge in [-0.25, -0.2) is 0 Å². The van der Waals surface area contributed by atoms with Crippen LogP contribution in [0.15, 0.2) is 11.4 Å². The van der Waals surface area contributed by atoms with E-state index < -0.39 is 11.4 Å². The minimum Gasteiger partial charge on any atom is -0.369 e. The van der Waals surface area contributed by atoms with Crippen molar-refractivity contribution in [3.05, 3.63) is 17.0 Å². The summed E-state index contributed by atoms with van der Waals surface area (Å²) in [6.45, 7) is 1.89. The molecule has 0 radical (unpaired) electrons. The third kappa shape index (κ3) is 2.09. The molecule has 5 heteroatoms. The second kappa shape index (κ2) is 3.14. The van der Waals surface area contributed by atoms with Crippen molar-refractivity contribution < 1.29 is 12.9 Å². The number of rotatable bonds is 2. The summed E-state index contributed by atoms with van der Waals surface area (Å²) in [4.78, 5) is 0. The van der Waals surface area contributed by atoms with Crippen molar-refractivity contribution in [1.29, 1.82) is 0 Å². The zero-order valence-corrected chi connectivity index (χ0v) is 6.87. The Morgan fingerprint density at radius 2 is 2.50 bits per heavy atom. The van der Waals surface area contributed by atoms with Gasteiger partial charge in [-0.1, -0.05) is 0 Å². The highest BCUT2D eigenvalue weighted by molar-refractivity contribution is 7.74. The maximum Gasteiger partial charge on any atom is 0.358 e. The van der Waals surface area contributed by atoms with Crippen LogP contribution in [-0.2, 0) is 11.4 Å². The Morgan fingerprint density at radius 3 is 2.90 bits per heavy atom. The van der Waals surface area contributed by atoms with Gasteiger partial charge in [0, 0.05) is 0 Å². The third-order valence-electron chi connectivity index (χ3n) is 0.860. The van der Waals surface area contributed by atoms with E-state index in [9.17, 15) is 4.21 Å². The Balaban J connectivity index is 2.67. The lowest BCUT2D eigenvalue weighted by Gasteiger charge is -1.90. The fourth-order valence-electron chi connectivity index (χ4n) is 0.519. The molecule has 0 saturated carbocycles. The maximum atomic E-state index is 10.1. The molecule has 1 N–H and O–H groups in total. The predicted octanol–water partition coefficient (Wildman–Crippen LogP) is 1.57. The molecule has 10 heavy (non-hydrogen) atoms. The summed E-state index contributed by atoms with van der Waals surface area (Å²) in [5.41, 5.74) is 1.03. The Hall–Kier alpha value is -0.390. The Labute approximate surface area is 65.1 Å². The van der Waals surface area contributed by atoms with E-state index in [1.54, 1.807) is 6.07 Å². The Morgan fingerprint density at radius 1 is 1.80 bits per heavy atom. The number of thiophene rings is 1. The summed E-state index contributed by atoms with van der Waals surface area (Å²) < 4.78 is 22.8. The van der Waals surface area contributed by atoms with Crippen LogP contribution in [0.3, 0.4) is 0 Å². The van der Waals surface area contributed by atoms with Crippen LogP contribution in [0.5, 0.6) is 5.06 Å². The second-order valence-electron chi connectivity index (χ2n) is 1.74. The van der Waals surface area contributed by atoms with Crippen LogP contribution in [0.1, 0.15) is 5.56 Å². The van der Waals surface area contributed by atoms with Crippen LogP contribution < -0.4 is 4.18 Å². The molecule has 1 aromatic heterocycles. The van der Waals surface area contributed by atoms with E-state index in [2.05, 4.69) is 4.18 Å². The summed E-state index contributed by atoms with van der Waals surface area (Å²) in [6.07, 6.45) is 0. The third-order valence-corrected chi connectivity index (χ3v) is 2.21. The molecule has 0 bridgehead atoms. The van der Waals surface area contributed by atoms with Crippen LogP contribution in [-0.4, -0.2) is 8.76 Å². The lowest BCUT2D eigenvalue weighted by molar-refractivity contribution is 0.463. The quantitative estimate of drug-likeness (QED) is 0.699. The van der Waals surface area contributed by atoms with Crippen molar-refractivity contribution in [3.63, 3.8) is 0 Å². The van der Waals surface area contributed by atoms with E-state index in [4.69, 9.17) is 4.55 Å². The SMILES string of the molecule is Cc1csc(OS(=O)O)c1. The normalized spacial score (nSPS) is 13.0. The molecule has 1 atom stereocenters. The smallest absolute Gasteiger partial charge is 0.358 e. The molecule has 1 aromatic rings. The van der Waals surface area contributed by atoms with E-state index in [-0.39, 0.29) is 0 Å². The summed E-state index contributed by atoms with van der Waals surface area (Å²) in [6, 6.07) is 1.71. The summed E-state index contributed by atoms with van der Waals surface area (Å²) in [7, 11) is 0. The molecule has 56 valence electrons. The molecule has 0 aromatic carbocycles. The van der Waals surface area contributed by atoms with Crippen molar-refractivity contribution >= 4 is 22.7 Å². The first-order valence-electron chi connectivity index (χ1n) is 2.53. The first-order valence-corrected chi connectivity index (χ1v) is 4.44. The van der Waals surface area contributed by atoms with Crippen LogP contribution >= 0.6 is 11.3 Å². The molecular weight excluding hydrogens is 172 g/mol. The first-order chi connectivity index (χ1) is 4.68. The van der Waals surface area contributed by atoms with Gasteiger partial charge in [0.2, 0.25) is 0 Å². The van der Waals surface area contributed by atoms with Crippen LogP contribution in [0.2, 0.25) is 0 Å². The lowest BCUT2D eigenvalue weighted by Crippen LogP contribution is -1.94. The standard InChI is InChI=1S/C5H6O3S2/c1-4-2-5(9-3-4)8-10(6)7/h2-3H,1H3,(H,6,7). The molecule has 0 saturated heterocycles. The van der Waals surface area contributed by atoms with Gasteiger partial charge in [0.1, 0.15) is 0 Å². The van der Waals surface area contributed by atoms with Gasteiger partial charge in [0.25, 0.3) is 0 Å². The topological polar surface area (TPSA) is 46.5 Å². The maximum absolute atomic E-state index is 10.1. The van der Waals surface area contributed by atoms with Gasteiger partial charge in [-0.3, -0.25) is 4.55 Å². The fraction of sp³-hybridized carbons (Fsp3) is 0.200.